The van der Waals surface area contributed by atoms with Gasteiger partial charge in [0.2, 0.25) is 0 Å². The molecule has 0 N–H and O–H groups in total. The number of nitriles is 1. The summed E-state index contributed by atoms with van der Waals surface area (Å²) in [6, 6.07) is 9.25. The molecule has 0 bridgehead atoms. The van der Waals surface area contributed by atoms with Crippen LogP contribution < -0.4 is 4.74 Å². The molecule has 0 saturated carbocycles. The van der Waals surface area contributed by atoms with Gasteiger partial charge in [0.1, 0.15) is 12.4 Å². The third kappa shape index (κ3) is 5.67. The Morgan fingerprint density at radius 1 is 1.17 bits per heavy atom. The molecule has 1 aromatic rings. The highest BCUT2D eigenvalue weighted by molar-refractivity contribution is 5.34. The monoisotopic (exact) mass is 248 g/mol. The largest absolute Gasteiger partial charge is 0.492 e. The second-order valence-electron chi connectivity index (χ2n) is 4.13. The van der Waals surface area contributed by atoms with E-state index in [1.165, 1.54) is 0 Å². The van der Waals surface area contributed by atoms with E-state index in [2.05, 4.69) is 18.0 Å². The molecule has 98 valence electrons. The van der Waals surface area contributed by atoms with Crippen molar-refractivity contribution in [3.05, 3.63) is 29.8 Å². The van der Waals surface area contributed by atoms with E-state index in [0.717, 1.165) is 31.9 Å². The molecule has 4 heteroatoms. The van der Waals surface area contributed by atoms with Gasteiger partial charge < -0.3 is 14.4 Å². The van der Waals surface area contributed by atoms with Gasteiger partial charge >= 0.3 is 0 Å². The second-order valence-corrected chi connectivity index (χ2v) is 4.13. The van der Waals surface area contributed by atoms with Crippen LogP contribution in [0.15, 0.2) is 24.3 Å². The maximum Gasteiger partial charge on any atom is 0.119 e. The average Bonchev–Trinajstić information content (AvgIpc) is 2.40. The van der Waals surface area contributed by atoms with Gasteiger partial charge in [-0.15, -0.1) is 0 Å². The smallest absolute Gasteiger partial charge is 0.119 e. The summed E-state index contributed by atoms with van der Waals surface area (Å²) < 4.78 is 10.6. The summed E-state index contributed by atoms with van der Waals surface area (Å²) in [5.74, 6) is 0.805. The summed E-state index contributed by atoms with van der Waals surface area (Å²) in [6.07, 6.45) is 1.03. The third-order valence-corrected chi connectivity index (χ3v) is 2.61. The van der Waals surface area contributed by atoms with Crippen molar-refractivity contribution in [2.24, 2.45) is 0 Å². The fourth-order valence-corrected chi connectivity index (χ4v) is 1.54. The number of nitrogens with zero attached hydrogens (tertiary/aromatic N) is 2. The Morgan fingerprint density at radius 2 is 1.89 bits per heavy atom. The van der Waals surface area contributed by atoms with Gasteiger partial charge in [-0.1, -0.05) is 0 Å². The van der Waals surface area contributed by atoms with E-state index in [4.69, 9.17) is 14.7 Å². The quantitative estimate of drug-likeness (QED) is 0.659. The first-order valence-electron chi connectivity index (χ1n) is 6.06. The number of likely N-dealkylation sites (N-methyl/N-ethyl adjacent to an activating group) is 1. The molecule has 0 aliphatic carbocycles. The summed E-state index contributed by atoms with van der Waals surface area (Å²) in [4.78, 5) is 2.21. The molecule has 0 aliphatic heterocycles. The highest BCUT2D eigenvalue weighted by Gasteiger charge is 1.99. The Bertz CT molecular complexity index is 370. The van der Waals surface area contributed by atoms with Gasteiger partial charge in [-0.2, -0.15) is 5.26 Å². The first-order chi connectivity index (χ1) is 8.76. The van der Waals surface area contributed by atoms with Crippen LogP contribution in [0.5, 0.6) is 5.75 Å². The van der Waals surface area contributed by atoms with Crippen molar-refractivity contribution in [1.29, 1.82) is 5.26 Å². The lowest BCUT2D eigenvalue weighted by Gasteiger charge is -2.16. The molecule has 0 unspecified atom stereocenters. The Kier molecular flexibility index (Phi) is 6.85. The zero-order valence-electron chi connectivity index (χ0n) is 11.1. The lowest BCUT2D eigenvalue weighted by molar-refractivity contribution is 0.172. The van der Waals surface area contributed by atoms with Crippen molar-refractivity contribution in [3.8, 4) is 11.8 Å². The number of hydrogen-bond donors (Lipinski definition) is 0. The van der Waals surface area contributed by atoms with Crippen molar-refractivity contribution >= 4 is 0 Å². The lowest BCUT2D eigenvalue weighted by Crippen LogP contribution is -2.26. The van der Waals surface area contributed by atoms with Crippen molar-refractivity contribution in [2.45, 2.75) is 6.42 Å². The number of rotatable bonds is 8. The standard InChI is InChI=1S/C14H20N2O2/c1-16(8-3-10-17-2)9-11-18-14-6-4-13(12-15)5-7-14/h4-7H,3,8-11H2,1-2H3. The van der Waals surface area contributed by atoms with Crippen LogP contribution in [0.1, 0.15) is 12.0 Å². The molecule has 4 nitrogen and oxygen atoms in total. The Morgan fingerprint density at radius 3 is 2.50 bits per heavy atom. The molecule has 0 heterocycles. The molecular weight excluding hydrogens is 228 g/mol. The van der Waals surface area contributed by atoms with Crippen LogP contribution in [0, 0.1) is 11.3 Å². The Balaban J connectivity index is 2.18. The SMILES string of the molecule is COCCCN(C)CCOc1ccc(C#N)cc1. The second kappa shape index (κ2) is 8.51. The number of ether oxygens (including phenoxy) is 2. The molecule has 1 aromatic carbocycles. The van der Waals surface area contributed by atoms with Gasteiger partial charge in [0.05, 0.1) is 11.6 Å². The summed E-state index contributed by atoms with van der Waals surface area (Å²) >= 11 is 0. The molecule has 0 aliphatic rings. The molecule has 0 spiro atoms. The molecule has 1 rings (SSSR count). The zero-order chi connectivity index (χ0) is 13.2. The predicted molar refractivity (Wildman–Crippen MR) is 70.6 cm³/mol. The van der Waals surface area contributed by atoms with Crippen molar-refractivity contribution < 1.29 is 9.47 Å². The molecule has 0 radical (unpaired) electrons. The number of benzene rings is 1. The van der Waals surface area contributed by atoms with Crippen LogP contribution >= 0.6 is 0 Å². The van der Waals surface area contributed by atoms with E-state index in [0.29, 0.717) is 12.2 Å². The molecule has 0 atom stereocenters. The normalized spacial score (nSPS) is 10.3. The Hall–Kier alpha value is -1.57. The summed E-state index contributed by atoms with van der Waals surface area (Å²) in [5.41, 5.74) is 0.652. The van der Waals surface area contributed by atoms with Crippen LogP contribution in [-0.2, 0) is 4.74 Å². The predicted octanol–water partition coefficient (Wildman–Crippen LogP) is 1.91. The Labute approximate surface area is 109 Å². The fraction of sp³-hybridized carbons (Fsp3) is 0.500. The molecular formula is C14H20N2O2. The lowest BCUT2D eigenvalue weighted by atomic mass is 10.2. The van der Waals surface area contributed by atoms with E-state index < -0.39 is 0 Å². The van der Waals surface area contributed by atoms with Gasteiger partial charge in [0.15, 0.2) is 0 Å². The first-order valence-corrected chi connectivity index (χ1v) is 6.06. The minimum atomic E-state index is 0.648. The van der Waals surface area contributed by atoms with Crippen molar-refractivity contribution in [1.82, 2.24) is 4.90 Å². The number of hydrogen-bond acceptors (Lipinski definition) is 4. The van der Waals surface area contributed by atoms with Gasteiger partial charge in [-0.05, 0) is 37.7 Å². The van der Waals surface area contributed by atoms with Crippen LogP contribution in [0.4, 0.5) is 0 Å². The molecule has 0 fully saturated rings. The van der Waals surface area contributed by atoms with Gasteiger partial charge in [-0.25, -0.2) is 0 Å². The summed E-state index contributed by atoms with van der Waals surface area (Å²) in [7, 11) is 3.78. The van der Waals surface area contributed by atoms with E-state index in [9.17, 15) is 0 Å². The average molecular weight is 248 g/mol. The van der Waals surface area contributed by atoms with Gasteiger partial charge in [-0.3, -0.25) is 0 Å². The first kappa shape index (κ1) is 14.5. The maximum atomic E-state index is 8.67. The highest BCUT2D eigenvalue weighted by atomic mass is 16.5. The van der Waals surface area contributed by atoms with E-state index in [1.54, 1.807) is 19.2 Å². The van der Waals surface area contributed by atoms with Crippen LogP contribution in [-0.4, -0.2) is 45.4 Å². The summed E-state index contributed by atoms with van der Waals surface area (Å²) in [6.45, 7) is 3.32. The third-order valence-electron chi connectivity index (χ3n) is 2.61. The van der Waals surface area contributed by atoms with Crippen molar-refractivity contribution in [3.63, 3.8) is 0 Å². The summed E-state index contributed by atoms with van der Waals surface area (Å²) in [5, 5.41) is 8.67. The van der Waals surface area contributed by atoms with Crippen LogP contribution in [0.25, 0.3) is 0 Å². The van der Waals surface area contributed by atoms with E-state index in [-0.39, 0.29) is 0 Å². The minimum absolute atomic E-state index is 0.648. The topological polar surface area (TPSA) is 45.5 Å². The maximum absolute atomic E-state index is 8.67. The number of methoxy groups -OCH3 is 1. The van der Waals surface area contributed by atoms with Gasteiger partial charge in [0, 0.05) is 26.8 Å². The van der Waals surface area contributed by atoms with Crippen LogP contribution in [0.2, 0.25) is 0 Å². The molecule has 0 amide bonds. The fourth-order valence-electron chi connectivity index (χ4n) is 1.54. The highest BCUT2D eigenvalue weighted by Crippen LogP contribution is 2.11. The van der Waals surface area contributed by atoms with Gasteiger partial charge in [0.25, 0.3) is 0 Å². The van der Waals surface area contributed by atoms with E-state index in [1.807, 2.05) is 12.1 Å². The molecule has 0 aromatic heterocycles. The molecule has 0 saturated heterocycles. The van der Waals surface area contributed by atoms with Crippen molar-refractivity contribution in [2.75, 3.05) is 40.5 Å². The minimum Gasteiger partial charge on any atom is -0.492 e. The van der Waals surface area contributed by atoms with E-state index >= 15 is 0 Å². The molecule has 18 heavy (non-hydrogen) atoms. The zero-order valence-corrected chi connectivity index (χ0v) is 11.1. The van der Waals surface area contributed by atoms with Crippen LogP contribution in [0.3, 0.4) is 0 Å².